The minimum atomic E-state index is 0.581. The van der Waals surface area contributed by atoms with Gasteiger partial charge in [-0.2, -0.15) is 0 Å². The van der Waals surface area contributed by atoms with E-state index in [1.54, 1.807) is 0 Å². The maximum absolute atomic E-state index is 3.57. The van der Waals surface area contributed by atoms with E-state index in [-0.39, 0.29) is 0 Å². The lowest BCUT2D eigenvalue weighted by molar-refractivity contribution is 0.633. The van der Waals surface area contributed by atoms with Gasteiger partial charge < -0.3 is 5.32 Å². The van der Waals surface area contributed by atoms with Crippen molar-refractivity contribution in [2.75, 3.05) is 6.54 Å². The summed E-state index contributed by atoms with van der Waals surface area (Å²) in [5, 5.41) is 3.18. The van der Waals surface area contributed by atoms with Crippen molar-refractivity contribution in [2.45, 2.75) is 19.9 Å². The van der Waals surface area contributed by atoms with Crippen LogP contribution in [0.2, 0.25) is 0 Å². The minimum Gasteiger partial charge on any atom is -0.311 e. The quantitative estimate of drug-likeness (QED) is 0.524. The first kappa shape index (κ1) is 6.70. The fraction of sp³-hybridized carbons (Fsp3) is 0.667. The summed E-state index contributed by atoms with van der Waals surface area (Å²) in [6.45, 7) is 8.71. The average molecular weight is 99.2 g/mol. The SMILES string of the molecule is C=CCNC(C)C. The molecule has 0 aliphatic rings. The van der Waals surface area contributed by atoms with Crippen LogP contribution in [0.4, 0.5) is 0 Å². The van der Waals surface area contributed by atoms with E-state index in [2.05, 4.69) is 25.7 Å². The highest BCUT2D eigenvalue weighted by Crippen LogP contribution is 1.72. The van der Waals surface area contributed by atoms with Crippen LogP contribution in [0.25, 0.3) is 0 Å². The fourth-order valence-electron chi connectivity index (χ4n) is 0.319. The maximum Gasteiger partial charge on any atom is 0.0134 e. The molecule has 0 amide bonds. The molecule has 0 fully saturated rings. The van der Waals surface area contributed by atoms with Crippen LogP contribution in [-0.4, -0.2) is 12.6 Å². The van der Waals surface area contributed by atoms with Gasteiger partial charge in [-0.3, -0.25) is 0 Å². The Hall–Kier alpha value is -0.300. The third-order valence-corrected chi connectivity index (χ3v) is 0.670. The first-order chi connectivity index (χ1) is 3.27. The molecule has 0 rings (SSSR count). The first-order valence-electron chi connectivity index (χ1n) is 2.61. The zero-order chi connectivity index (χ0) is 5.70. The van der Waals surface area contributed by atoms with E-state index in [4.69, 9.17) is 0 Å². The molecule has 0 aliphatic carbocycles. The molecule has 0 unspecified atom stereocenters. The van der Waals surface area contributed by atoms with Crippen LogP contribution >= 0.6 is 0 Å². The van der Waals surface area contributed by atoms with Gasteiger partial charge in [-0.1, -0.05) is 19.9 Å². The van der Waals surface area contributed by atoms with Crippen molar-refractivity contribution >= 4 is 0 Å². The molecule has 0 spiro atoms. The lowest BCUT2D eigenvalue weighted by Gasteiger charge is -2.01. The molecule has 0 radical (unpaired) electrons. The number of hydrogen-bond donors (Lipinski definition) is 1. The van der Waals surface area contributed by atoms with Gasteiger partial charge in [0, 0.05) is 12.6 Å². The van der Waals surface area contributed by atoms with Gasteiger partial charge >= 0.3 is 0 Å². The van der Waals surface area contributed by atoms with Crippen LogP contribution < -0.4 is 5.32 Å². The van der Waals surface area contributed by atoms with Crippen molar-refractivity contribution in [2.24, 2.45) is 0 Å². The third kappa shape index (κ3) is 5.70. The monoisotopic (exact) mass is 99.1 g/mol. The number of hydrogen-bond acceptors (Lipinski definition) is 1. The van der Waals surface area contributed by atoms with Crippen LogP contribution in [0.5, 0.6) is 0 Å². The van der Waals surface area contributed by atoms with E-state index >= 15 is 0 Å². The Balaban J connectivity index is 2.81. The molecule has 1 nitrogen and oxygen atoms in total. The minimum absolute atomic E-state index is 0.581. The molecule has 0 aromatic rings. The Kier molecular flexibility index (Phi) is 3.71. The number of rotatable bonds is 3. The summed E-state index contributed by atoms with van der Waals surface area (Å²) in [4.78, 5) is 0. The molecule has 0 aliphatic heterocycles. The second-order valence-electron chi connectivity index (χ2n) is 1.85. The van der Waals surface area contributed by atoms with Gasteiger partial charge in [0.15, 0.2) is 0 Å². The Morgan fingerprint density at radius 2 is 2.29 bits per heavy atom. The highest BCUT2D eigenvalue weighted by Gasteiger charge is 1.83. The van der Waals surface area contributed by atoms with Gasteiger partial charge in [-0.25, -0.2) is 0 Å². The largest absolute Gasteiger partial charge is 0.311 e. The summed E-state index contributed by atoms with van der Waals surface area (Å²) in [6.07, 6.45) is 1.86. The molecule has 1 N–H and O–H groups in total. The van der Waals surface area contributed by atoms with Crippen molar-refractivity contribution in [3.63, 3.8) is 0 Å². The first-order valence-corrected chi connectivity index (χ1v) is 2.61. The normalized spacial score (nSPS) is 9.57. The predicted molar refractivity (Wildman–Crippen MR) is 33.3 cm³/mol. The van der Waals surface area contributed by atoms with Crippen LogP contribution in [0, 0.1) is 0 Å². The molecule has 0 saturated heterocycles. The summed E-state index contributed by atoms with van der Waals surface area (Å²) in [5.74, 6) is 0. The molecule has 1 heteroatoms. The summed E-state index contributed by atoms with van der Waals surface area (Å²) in [6, 6.07) is 0.581. The van der Waals surface area contributed by atoms with Gasteiger partial charge in [0.2, 0.25) is 0 Å². The van der Waals surface area contributed by atoms with Gasteiger partial charge in [0.1, 0.15) is 0 Å². The smallest absolute Gasteiger partial charge is 0.0134 e. The lowest BCUT2D eigenvalue weighted by Crippen LogP contribution is -2.21. The molecule has 7 heavy (non-hydrogen) atoms. The topological polar surface area (TPSA) is 12.0 Å². The highest BCUT2D eigenvalue weighted by atomic mass is 14.9. The Bertz CT molecular complexity index is 48.1. The maximum atomic E-state index is 3.57. The average Bonchev–Trinajstić information content (AvgIpc) is 1.61. The van der Waals surface area contributed by atoms with Crippen molar-refractivity contribution in [1.82, 2.24) is 5.32 Å². The molecule has 0 aromatic carbocycles. The fourth-order valence-corrected chi connectivity index (χ4v) is 0.319. The van der Waals surface area contributed by atoms with Crippen molar-refractivity contribution < 1.29 is 0 Å². The Morgan fingerprint density at radius 1 is 1.71 bits per heavy atom. The molecular formula is C6H13N. The zero-order valence-electron chi connectivity index (χ0n) is 5.07. The molecule has 0 heterocycles. The third-order valence-electron chi connectivity index (χ3n) is 0.670. The van der Waals surface area contributed by atoms with Crippen LogP contribution in [0.1, 0.15) is 13.8 Å². The zero-order valence-corrected chi connectivity index (χ0v) is 5.07. The van der Waals surface area contributed by atoms with E-state index in [0.29, 0.717) is 6.04 Å². The standard InChI is InChI=1S/C6H13N/c1-4-5-7-6(2)3/h4,6-7H,1,5H2,2-3H3. The van der Waals surface area contributed by atoms with Crippen molar-refractivity contribution in [3.8, 4) is 0 Å². The van der Waals surface area contributed by atoms with Gasteiger partial charge in [0.05, 0.1) is 0 Å². The Morgan fingerprint density at radius 3 is 2.43 bits per heavy atom. The molecule has 0 atom stereocenters. The van der Waals surface area contributed by atoms with E-state index in [1.165, 1.54) is 0 Å². The number of nitrogens with one attached hydrogen (secondary N) is 1. The lowest BCUT2D eigenvalue weighted by atomic mass is 10.4. The van der Waals surface area contributed by atoms with Gasteiger partial charge in [-0.15, -0.1) is 6.58 Å². The summed E-state index contributed by atoms with van der Waals surface area (Å²) in [5.41, 5.74) is 0. The second-order valence-corrected chi connectivity index (χ2v) is 1.85. The van der Waals surface area contributed by atoms with E-state index in [0.717, 1.165) is 6.54 Å². The Labute approximate surface area is 45.4 Å². The van der Waals surface area contributed by atoms with Crippen LogP contribution in [0.3, 0.4) is 0 Å². The summed E-state index contributed by atoms with van der Waals surface area (Å²) < 4.78 is 0. The molecule has 0 aromatic heterocycles. The van der Waals surface area contributed by atoms with Crippen molar-refractivity contribution in [3.05, 3.63) is 12.7 Å². The molecule has 0 saturated carbocycles. The van der Waals surface area contributed by atoms with Gasteiger partial charge in [0.25, 0.3) is 0 Å². The summed E-state index contributed by atoms with van der Waals surface area (Å²) >= 11 is 0. The van der Waals surface area contributed by atoms with Gasteiger partial charge in [-0.05, 0) is 0 Å². The second kappa shape index (κ2) is 3.88. The van der Waals surface area contributed by atoms with Crippen LogP contribution in [0.15, 0.2) is 12.7 Å². The summed E-state index contributed by atoms with van der Waals surface area (Å²) in [7, 11) is 0. The molecular weight excluding hydrogens is 86.1 g/mol. The molecule has 42 valence electrons. The van der Waals surface area contributed by atoms with E-state index in [9.17, 15) is 0 Å². The van der Waals surface area contributed by atoms with E-state index in [1.807, 2.05) is 6.08 Å². The van der Waals surface area contributed by atoms with Crippen LogP contribution in [-0.2, 0) is 0 Å². The highest BCUT2D eigenvalue weighted by molar-refractivity contribution is 4.70. The van der Waals surface area contributed by atoms with E-state index < -0.39 is 0 Å². The predicted octanol–water partition coefficient (Wildman–Crippen LogP) is 1.17. The van der Waals surface area contributed by atoms with Crippen molar-refractivity contribution in [1.29, 1.82) is 0 Å². The molecule has 0 bridgehead atoms.